The molecule has 2 saturated carbocycles. The lowest BCUT2D eigenvalue weighted by molar-refractivity contribution is 0.169. The van der Waals surface area contributed by atoms with Crippen molar-refractivity contribution in [1.29, 1.82) is 0 Å². The van der Waals surface area contributed by atoms with Gasteiger partial charge in [0.25, 0.3) is 0 Å². The molecule has 0 amide bonds. The molecule has 1 unspecified atom stereocenters. The van der Waals surface area contributed by atoms with E-state index in [9.17, 15) is 0 Å². The quantitative estimate of drug-likeness (QED) is 0.773. The number of thiazole rings is 1. The lowest BCUT2D eigenvalue weighted by Crippen LogP contribution is -2.36. The van der Waals surface area contributed by atoms with Gasteiger partial charge in [-0.05, 0) is 50.0 Å². The van der Waals surface area contributed by atoms with Gasteiger partial charge in [0.1, 0.15) is 5.01 Å². The Labute approximate surface area is 128 Å². The summed E-state index contributed by atoms with van der Waals surface area (Å²) in [5.74, 6) is 0.950. The molecule has 106 valence electrons. The standard InChI is InChI=1S/C16H20N2S2/c1-11(12-2-3-12)18(15-4-5-15)8-14-10-20-16(17-14)13-6-7-19-9-13/h6-7,9-12,15H,2-5,8H2,1H3. The molecule has 4 heteroatoms. The van der Waals surface area contributed by atoms with E-state index in [2.05, 4.69) is 34.0 Å². The maximum Gasteiger partial charge on any atom is 0.124 e. The van der Waals surface area contributed by atoms with Crippen LogP contribution in [0.5, 0.6) is 0 Å². The van der Waals surface area contributed by atoms with Crippen LogP contribution in [0.4, 0.5) is 0 Å². The van der Waals surface area contributed by atoms with E-state index < -0.39 is 0 Å². The topological polar surface area (TPSA) is 16.1 Å². The Kier molecular flexibility index (Phi) is 3.41. The number of hydrogen-bond acceptors (Lipinski definition) is 4. The van der Waals surface area contributed by atoms with Gasteiger partial charge in [0.15, 0.2) is 0 Å². The molecule has 2 fully saturated rings. The molecule has 0 aliphatic heterocycles. The van der Waals surface area contributed by atoms with E-state index in [0.29, 0.717) is 0 Å². The first-order chi connectivity index (χ1) is 9.81. The molecule has 2 heterocycles. The van der Waals surface area contributed by atoms with Crippen molar-refractivity contribution in [2.75, 3.05) is 0 Å². The zero-order chi connectivity index (χ0) is 13.5. The summed E-state index contributed by atoms with van der Waals surface area (Å²) >= 11 is 3.53. The van der Waals surface area contributed by atoms with Crippen molar-refractivity contribution in [3.8, 4) is 10.6 Å². The Morgan fingerprint density at radius 3 is 2.80 bits per heavy atom. The van der Waals surface area contributed by atoms with Crippen LogP contribution in [0.25, 0.3) is 10.6 Å². The summed E-state index contributed by atoms with van der Waals surface area (Å²) in [6, 6.07) is 3.74. The molecule has 1 atom stereocenters. The summed E-state index contributed by atoms with van der Waals surface area (Å²) in [7, 11) is 0. The van der Waals surface area contributed by atoms with Gasteiger partial charge in [-0.3, -0.25) is 4.90 Å². The molecule has 2 aromatic rings. The molecular formula is C16H20N2S2. The Bertz CT molecular complexity index is 567. The summed E-state index contributed by atoms with van der Waals surface area (Å²) in [6.07, 6.45) is 5.64. The fourth-order valence-corrected chi connectivity index (χ4v) is 4.47. The summed E-state index contributed by atoms with van der Waals surface area (Å²) in [4.78, 5) is 7.56. The monoisotopic (exact) mass is 304 g/mol. The Hall–Kier alpha value is -0.710. The minimum Gasteiger partial charge on any atom is -0.292 e. The molecule has 0 aromatic carbocycles. The third-order valence-corrected chi connectivity index (χ3v) is 6.13. The third-order valence-electron chi connectivity index (χ3n) is 4.51. The number of nitrogens with zero attached hydrogens (tertiary/aromatic N) is 2. The van der Waals surface area contributed by atoms with E-state index in [-0.39, 0.29) is 0 Å². The van der Waals surface area contributed by atoms with E-state index >= 15 is 0 Å². The maximum absolute atomic E-state index is 4.85. The first-order valence-electron chi connectivity index (χ1n) is 7.54. The van der Waals surface area contributed by atoms with Gasteiger partial charge in [0.05, 0.1) is 5.69 Å². The maximum atomic E-state index is 4.85. The molecule has 2 aliphatic rings. The molecule has 0 N–H and O–H groups in total. The van der Waals surface area contributed by atoms with Crippen molar-refractivity contribution < 1.29 is 0 Å². The van der Waals surface area contributed by atoms with Gasteiger partial charge in [0, 0.05) is 35.0 Å². The van der Waals surface area contributed by atoms with Gasteiger partial charge in [-0.15, -0.1) is 11.3 Å². The predicted molar refractivity (Wildman–Crippen MR) is 86.2 cm³/mol. The number of hydrogen-bond donors (Lipinski definition) is 0. The molecule has 4 rings (SSSR count). The smallest absolute Gasteiger partial charge is 0.124 e. The summed E-state index contributed by atoms with van der Waals surface area (Å²) in [6.45, 7) is 3.46. The van der Waals surface area contributed by atoms with Crippen molar-refractivity contribution in [2.24, 2.45) is 5.92 Å². The SMILES string of the molecule is CC(C1CC1)N(Cc1csc(-c2ccsc2)n1)C1CC1. The van der Waals surface area contributed by atoms with Crippen LogP contribution in [0.1, 0.15) is 38.3 Å². The van der Waals surface area contributed by atoms with Gasteiger partial charge >= 0.3 is 0 Å². The summed E-state index contributed by atoms with van der Waals surface area (Å²) in [5, 5.41) is 7.74. The van der Waals surface area contributed by atoms with E-state index in [1.807, 2.05) is 0 Å². The average molecular weight is 304 g/mol. The minimum absolute atomic E-state index is 0.744. The normalized spacial score (nSPS) is 20.5. The molecule has 0 radical (unpaired) electrons. The van der Waals surface area contributed by atoms with Crippen LogP contribution in [-0.4, -0.2) is 22.0 Å². The van der Waals surface area contributed by atoms with Crippen LogP contribution >= 0.6 is 22.7 Å². The summed E-state index contributed by atoms with van der Waals surface area (Å²) < 4.78 is 0. The molecule has 20 heavy (non-hydrogen) atoms. The fraction of sp³-hybridized carbons (Fsp3) is 0.562. The van der Waals surface area contributed by atoms with Gasteiger partial charge in [-0.1, -0.05) is 0 Å². The largest absolute Gasteiger partial charge is 0.292 e. The second-order valence-electron chi connectivity index (χ2n) is 6.14. The molecule has 0 saturated heterocycles. The van der Waals surface area contributed by atoms with Crippen molar-refractivity contribution in [2.45, 2.75) is 51.2 Å². The average Bonchev–Trinajstić information content (AvgIpc) is 3.37. The molecule has 2 aliphatic carbocycles. The Balaban J connectivity index is 1.49. The van der Waals surface area contributed by atoms with E-state index in [1.54, 1.807) is 22.7 Å². The number of aromatic nitrogens is 1. The van der Waals surface area contributed by atoms with Crippen LogP contribution in [-0.2, 0) is 6.54 Å². The molecule has 0 spiro atoms. The molecule has 0 bridgehead atoms. The second-order valence-corrected chi connectivity index (χ2v) is 7.78. The predicted octanol–water partition coefficient (Wildman–Crippen LogP) is 4.63. The van der Waals surface area contributed by atoms with Gasteiger partial charge in [-0.2, -0.15) is 11.3 Å². The Morgan fingerprint density at radius 2 is 2.15 bits per heavy atom. The van der Waals surface area contributed by atoms with E-state index in [4.69, 9.17) is 4.98 Å². The van der Waals surface area contributed by atoms with Gasteiger partial charge in [0.2, 0.25) is 0 Å². The van der Waals surface area contributed by atoms with Gasteiger partial charge in [-0.25, -0.2) is 4.98 Å². The fourth-order valence-electron chi connectivity index (χ4n) is 2.95. The van der Waals surface area contributed by atoms with Crippen molar-refractivity contribution >= 4 is 22.7 Å². The first-order valence-corrected chi connectivity index (χ1v) is 9.36. The van der Waals surface area contributed by atoms with Crippen molar-refractivity contribution in [1.82, 2.24) is 9.88 Å². The number of rotatable bonds is 6. The second kappa shape index (κ2) is 5.24. The lowest BCUT2D eigenvalue weighted by atomic mass is 10.1. The van der Waals surface area contributed by atoms with Gasteiger partial charge < -0.3 is 0 Å². The van der Waals surface area contributed by atoms with Crippen LogP contribution in [0.2, 0.25) is 0 Å². The lowest BCUT2D eigenvalue weighted by Gasteiger charge is -2.28. The van der Waals surface area contributed by atoms with Crippen molar-refractivity contribution in [3.63, 3.8) is 0 Å². The molecule has 2 nitrogen and oxygen atoms in total. The summed E-state index contributed by atoms with van der Waals surface area (Å²) in [5.41, 5.74) is 2.54. The zero-order valence-electron chi connectivity index (χ0n) is 11.8. The highest BCUT2D eigenvalue weighted by molar-refractivity contribution is 7.14. The van der Waals surface area contributed by atoms with Crippen molar-refractivity contribution in [3.05, 3.63) is 27.9 Å². The Morgan fingerprint density at radius 1 is 1.30 bits per heavy atom. The first kappa shape index (κ1) is 13.0. The van der Waals surface area contributed by atoms with Crippen LogP contribution in [0.3, 0.4) is 0 Å². The van der Waals surface area contributed by atoms with E-state index in [0.717, 1.165) is 24.5 Å². The van der Waals surface area contributed by atoms with Crippen LogP contribution in [0.15, 0.2) is 22.2 Å². The highest BCUT2D eigenvalue weighted by atomic mass is 32.1. The van der Waals surface area contributed by atoms with Crippen LogP contribution < -0.4 is 0 Å². The highest BCUT2D eigenvalue weighted by Crippen LogP contribution is 2.40. The molecule has 2 aromatic heterocycles. The van der Waals surface area contributed by atoms with Crippen LogP contribution in [0, 0.1) is 5.92 Å². The zero-order valence-corrected chi connectivity index (χ0v) is 13.4. The van der Waals surface area contributed by atoms with E-state index in [1.165, 1.54) is 41.9 Å². The number of thiophene rings is 1. The molecular weight excluding hydrogens is 284 g/mol. The third kappa shape index (κ3) is 2.69. The highest BCUT2D eigenvalue weighted by Gasteiger charge is 2.39. The minimum atomic E-state index is 0.744.